The van der Waals surface area contributed by atoms with Crippen molar-refractivity contribution in [2.75, 3.05) is 20.2 Å². The van der Waals surface area contributed by atoms with Crippen molar-refractivity contribution in [3.05, 3.63) is 0 Å². The minimum absolute atomic E-state index is 0.0144. The van der Waals surface area contributed by atoms with E-state index in [0.29, 0.717) is 88.6 Å². The molecule has 0 aromatic heterocycles. The van der Waals surface area contributed by atoms with Gasteiger partial charge in [0.2, 0.25) is 0 Å². The molecule has 13 aliphatic carbocycles. The highest BCUT2D eigenvalue weighted by Gasteiger charge is 2.68. The third-order valence-electron chi connectivity index (χ3n) is 22.4. The normalized spacial score (nSPS) is 45.3. The highest BCUT2D eigenvalue weighted by molar-refractivity contribution is 5.86. The number of Topliss-reactive ketones (excluding diaryl/α,β-unsaturated/α-hetero) is 1. The van der Waals surface area contributed by atoms with Gasteiger partial charge in [-0.05, 0) is 219 Å². The molecule has 0 aromatic rings. The lowest BCUT2D eigenvalue weighted by atomic mass is 9.54. The number of hydrogen-bond donors (Lipinski definition) is 0. The fraction of sp³-hybridized carbons (Fsp3) is 0.912. The molecule has 0 aliphatic heterocycles. The topological polar surface area (TPSA) is 141 Å². The summed E-state index contributed by atoms with van der Waals surface area (Å²) in [7, 11) is 0. The van der Waals surface area contributed by atoms with Gasteiger partial charge in [-0.1, -0.05) is 33.1 Å². The lowest BCUT2D eigenvalue weighted by Gasteiger charge is -2.52. The summed E-state index contributed by atoms with van der Waals surface area (Å²) >= 11 is 0. The van der Waals surface area contributed by atoms with E-state index in [1.54, 1.807) is 0 Å². The Labute approximate surface area is 406 Å². The molecule has 0 spiro atoms. The Balaban J connectivity index is 0.000000150. The first-order chi connectivity index (χ1) is 32.6. The number of rotatable bonds is 15. The van der Waals surface area contributed by atoms with E-state index in [2.05, 4.69) is 0 Å². The lowest BCUT2D eigenvalue weighted by molar-refractivity contribution is -0.193. The van der Waals surface area contributed by atoms with E-state index in [9.17, 15) is 24.0 Å². The summed E-state index contributed by atoms with van der Waals surface area (Å²) in [5, 5.41) is 0. The maximum absolute atomic E-state index is 13.2. The van der Waals surface area contributed by atoms with Crippen LogP contribution in [0.15, 0.2) is 0 Å². The SMILES string of the molecule is CCC(C)(C)C(=O)OC1CC2CC1C1C3CC(CC3C(=O)OCOC3C4CC5CC(C4)C(=O)C3C5)C21.CCC(C)(C)C(=O)OC1CC2CC1C1C3CC(CC3C(=O)OCOCC3CCCCC3)C21. The van der Waals surface area contributed by atoms with E-state index in [1.165, 1.54) is 38.5 Å². The fourth-order valence-electron chi connectivity index (χ4n) is 18.7. The first-order valence-corrected chi connectivity index (χ1v) is 28.1. The molecule has 21 atom stereocenters. The highest BCUT2D eigenvalue weighted by Crippen LogP contribution is 2.71. The summed E-state index contributed by atoms with van der Waals surface area (Å²) in [5.41, 5.74) is -0.857. The molecule has 11 nitrogen and oxygen atoms in total. The Hall–Kier alpha value is -2.53. The van der Waals surface area contributed by atoms with Crippen molar-refractivity contribution >= 4 is 29.7 Å². The maximum Gasteiger partial charge on any atom is 0.311 e. The van der Waals surface area contributed by atoms with Gasteiger partial charge in [-0.2, -0.15) is 0 Å². The van der Waals surface area contributed by atoms with Gasteiger partial charge in [0, 0.05) is 11.8 Å². The Morgan fingerprint density at radius 1 is 0.544 bits per heavy atom. The second-order valence-electron chi connectivity index (χ2n) is 26.4. The van der Waals surface area contributed by atoms with E-state index < -0.39 is 10.8 Å². The molecule has 0 radical (unpaired) electrons. The first-order valence-electron chi connectivity index (χ1n) is 28.1. The molecular formula is C57H84O11. The van der Waals surface area contributed by atoms with Crippen LogP contribution in [0, 0.1) is 123 Å². The summed E-state index contributed by atoms with van der Waals surface area (Å²) in [4.78, 5) is 64.3. The van der Waals surface area contributed by atoms with E-state index in [4.69, 9.17) is 28.4 Å². The van der Waals surface area contributed by atoms with Gasteiger partial charge >= 0.3 is 23.9 Å². The molecule has 13 fully saturated rings. The van der Waals surface area contributed by atoms with Gasteiger partial charge < -0.3 is 28.4 Å². The molecule has 0 heterocycles. The van der Waals surface area contributed by atoms with Crippen LogP contribution in [0.3, 0.4) is 0 Å². The summed E-state index contributed by atoms with van der Waals surface area (Å²) < 4.78 is 35.4. The molecule has 13 saturated carbocycles. The van der Waals surface area contributed by atoms with Crippen molar-refractivity contribution in [2.24, 2.45) is 123 Å². The summed E-state index contributed by atoms with van der Waals surface area (Å²) in [5.74, 6) is 8.81. The molecular weight excluding hydrogens is 861 g/mol. The van der Waals surface area contributed by atoms with Gasteiger partial charge in [-0.3, -0.25) is 24.0 Å². The molecule has 68 heavy (non-hydrogen) atoms. The van der Waals surface area contributed by atoms with Crippen LogP contribution in [0.2, 0.25) is 0 Å². The smallest absolute Gasteiger partial charge is 0.311 e. The molecule has 12 bridgehead atoms. The minimum Gasteiger partial charge on any atom is -0.462 e. The Morgan fingerprint density at radius 3 is 1.60 bits per heavy atom. The molecule has 21 unspecified atom stereocenters. The summed E-state index contributed by atoms with van der Waals surface area (Å²) in [6, 6.07) is 0. The summed E-state index contributed by atoms with van der Waals surface area (Å²) in [6.45, 7) is 12.8. The third-order valence-corrected chi connectivity index (χ3v) is 22.4. The molecule has 0 N–H and O–H groups in total. The molecule has 0 saturated heterocycles. The maximum atomic E-state index is 13.2. The van der Waals surface area contributed by atoms with E-state index in [-0.39, 0.29) is 79.4 Å². The van der Waals surface area contributed by atoms with Crippen LogP contribution < -0.4 is 0 Å². The predicted molar refractivity (Wildman–Crippen MR) is 250 cm³/mol. The van der Waals surface area contributed by atoms with Crippen molar-refractivity contribution in [1.82, 2.24) is 0 Å². The average Bonchev–Trinajstić information content (AvgIpc) is 4.21. The number of fused-ring (bicyclic) bond motifs is 18. The first kappa shape index (κ1) is 47.8. The van der Waals surface area contributed by atoms with Crippen LogP contribution in [0.4, 0.5) is 0 Å². The van der Waals surface area contributed by atoms with Crippen LogP contribution >= 0.6 is 0 Å². The fourth-order valence-corrected chi connectivity index (χ4v) is 18.7. The molecule has 11 heteroatoms. The number of esters is 4. The van der Waals surface area contributed by atoms with Crippen molar-refractivity contribution in [2.45, 2.75) is 182 Å². The predicted octanol–water partition coefficient (Wildman–Crippen LogP) is 10.1. The van der Waals surface area contributed by atoms with Gasteiger partial charge in [-0.15, -0.1) is 0 Å². The Bertz CT molecular complexity index is 1940. The van der Waals surface area contributed by atoms with Gasteiger partial charge in [0.15, 0.2) is 13.6 Å². The Kier molecular flexibility index (Phi) is 13.0. The van der Waals surface area contributed by atoms with Gasteiger partial charge in [0.25, 0.3) is 0 Å². The van der Waals surface area contributed by atoms with Crippen LogP contribution in [-0.4, -0.2) is 68.2 Å². The lowest BCUT2D eigenvalue weighted by Crippen LogP contribution is -2.55. The van der Waals surface area contributed by atoms with Crippen molar-refractivity contribution < 1.29 is 52.4 Å². The number of carbonyl (C=O) groups excluding carboxylic acids is 5. The third kappa shape index (κ3) is 8.33. The molecule has 13 aliphatic rings. The van der Waals surface area contributed by atoms with Crippen LogP contribution in [0.1, 0.15) is 164 Å². The van der Waals surface area contributed by atoms with Gasteiger partial charge in [-0.25, -0.2) is 0 Å². The number of hydrogen-bond acceptors (Lipinski definition) is 11. The van der Waals surface area contributed by atoms with E-state index in [0.717, 1.165) is 96.0 Å². The number of carbonyl (C=O) groups is 5. The Morgan fingerprint density at radius 2 is 1.06 bits per heavy atom. The zero-order chi connectivity index (χ0) is 47.4. The molecule has 0 aromatic carbocycles. The average molecular weight is 945 g/mol. The van der Waals surface area contributed by atoms with Crippen LogP contribution in [-0.2, 0) is 52.4 Å². The second-order valence-corrected chi connectivity index (χ2v) is 26.4. The van der Waals surface area contributed by atoms with Crippen molar-refractivity contribution in [3.8, 4) is 0 Å². The van der Waals surface area contributed by atoms with E-state index in [1.807, 2.05) is 41.5 Å². The van der Waals surface area contributed by atoms with Crippen LogP contribution in [0.5, 0.6) is 0 Å². The van der Waals surface area contributed by atoms with E-state index >= 15 is 0 Å². The zero-order valence-corrected chi connectivity index (χ0v) is 42.2. The van der Waals surface area contributed by atoms with Gasteiger partial charge in [0.1, 0.15) is 18.0 Å². The largest absolute Gasteiger partial charge is 0.462 e. The standard InChI is InChI=1S/C30H42O6.C27H42O5/c1-4-30(2,3)29(33)36-23-12-16-11-21(23)25-19-9-15(24(16)25)10-20(19)28(32)35-13-34-27-18-6-14-5-17(8-18)26(31)22(27)7-14;1-4-27(2,3)26(29)32-22-13-18-12-21(22)24-19-10-17(23(18)24)11-20(19)25(28)31-15-30-14-16-8-6-5-7-9-16/h14-25,27H,4-13H2,1-3H3;16-24H,4-15H2,1-3H3. The van der Waals surface area contributed by atoms with Crippen molar-refractivity contribution in [1.29, 1.82) is 0 Å². The monoisotopic (exact) mass is 945 g/mol. The second kappa shape index (κ2) is 18.5. The molecule has 378 valence electrons. The minimum atomic E-state index is -0.440. The summed E-state index contributed by atoms with van der Waals surface area (Å²) in [6.07, 6.45) is 20.8. The zero-order valence-electron chi connectivity index (χ0n) is 42.2. The number of ether oxygens (including phenoxy) is 6. The van der Waals surface area contributed by atoms with Crippen molar-refractivity contribution in [3.63, 3.8) is 0 Å². The number of ketones is 1. The van der Waals surface area contributed by atoms with Gasteiger partial charge in [0.05, 0.1) is 35.4 Å². The molecule has 13 rings (SSSR count). The molecule has 0 amide bonds. The quantitative estimate of drug-likeness (QED) is 0.0509. The highest BCUT2D eigenvalue weighted by atomic mass is 16.7. The van der Waals surface area contributed by atoms with Crippen LogP contribution in [0.25, 0.3) is 0 Å².